The van der Waals surface area contributed by atoms with Gasteiger partial charge in [-0.2, -0.15) is 18.3 Å². The van der Waals surface area contributed by atoms with E-state index in [4.69, 9.17) is 9.47 Å². The van der Waals surface area contributed by atoms with Crippen molar-refractivity contribution in [2.75, 3.05) is 13.2 Å². The normalized spacial score (nSPS) is 18.3. The van der Waals surface area contributed by atoms with Crippen molar-refractivity contribution in [3.8, 4) is 22.9 Å². The van der Waals surface area contributed by atoms with E-state index in [1.807, 2.05) is 31.2 Å². The second kappa shape index (κ2) is 9.05. The number of hydrogen-bond donors (Lipinski definition) is 0. The molecule has 2 fully saturated rings. The van der Waals surface area contributed by atoms with Gasteiger partial charge in [0.15, 0.2) is 0 Å². The summed E-state index contributed by atoms with van der Waals surface area (Å²) in [5.74, 6) is 0.645. The molecule has 1 aliphatic heterocycles. The zero-order valence-corrected chi connectivity index (χ0v) is 19.6. The van der Waals surface area contributed by atoms with Gasteiger partial charge in [0.2, 0.25) is 5.88 Å². The molecular weight excluding hydrogens is 483 g/mol. The summed E-state index contributed by atoms with van der Waals surface area (Å²) in [4.78, 5) is 0. The summed E-state index contributed by atoms with van der Waals surface area (Å²) in [5, 5.41) is 4.59. The van der Waals surface area contributed by atoms with Gasteiger partial charge in [-0.3, -0.25) is 4.21 Å². The van der Waals surface area contributed by atoms with Gasteiger partial charge in [-0.15, -0.1) is 0 Å². The minimum absolute atomic E-state index is 0.0103. The molecule has 5 rings (SSSR count). The van der Waals surface area contributed by atoms with E-state index >= 15 is 0 Å². The molecule has 2 heterocycles. The van der Waals surface area contributed by atoms with Gasteiger partial charge >= 0.3 is 6.18 Å². The molecule has 35 heavy (non-hydrogen) atoms. The van der Waals surface area contributed by atoms with E-state index < -0.39 is 28.5 Å². The molecule has 1 unspecified atom stereocenters. The molecule has 0 N–H and O–H groups in total. The predicted molar refractivity (Wildman–Crippen MR) is 121 cm³/mol. The summed E-state index contributed by atoms with van der Waals surface area (Å²) in [6.07, 6.45) is -2.75. The highest BCUT2D eigenvalue weighted by molar-refractivity contribution is 7.76. The average molecular weight is 507 g/mol. The molecule has 0 amide bonds. The van der Waals surface area contributed by atoms with Crippen molar-refractivity contribution in [2.45, 2.75) is 44.1 Å². The van der Waals surface area contributed by atoms with Gasteiger partial charge in [-0.1, -0.05) is 18.2 Å². The SMILES string of the molecule is CCn1nc(-c2cccc(C3(N(C4CC4)S(=O)[O-])COC3)c2)cc1Oc1ccc(C(F)(F)F)cc1. The van der Waals surface area contributed by atoms with Crippen LogP contribution in [0.4, 0.5) is 13.2 Å². The van der Waals surface area contributed by atoms with E-state index in [9.17, 15) is 21.9 Å². The third kappa shape index (κ3) is 4.61. The van der Waals surface area contributed by atoms with Gasteiger partial charge in [0, 0.05) is 35.5 Å². The van der Waals surface area contributed by atoms with E-state index in [1.54, 1.807) is 10.7 Å². The van der Waals surface area contributed by atoms with Crippen LogP contribution >= 0.6 is 0 Å². The molecule has 186 valence electrons. The second-order valence-corrected chi connectivity index (χ2v) is 9.51. The topological polar surface area (TPSA) is 79.7 Å². The van der Waals surface area contributed by atoms with Crippen LogP contribution in [0.5, 0.6) is 11.6 Å². The first kappa shape index (κ1) is 24.0. The number of rotatable bonds is 8. The fraction of sp³-hybridized carbons (Fsp3) is 0.375. The third-order valence-electron chi connectivity index (χ3n) is 6.28. The number of aromatic nitrogens is 2. The van der Waals surface area contributed by atoms with E-state index in [-0.39, 0.29) is 25.0 Å². The maximum atomic E-state index is 12.8. The lowest BCUT2D eigenvalue weighted by molar-refractivity contribution is -0.137. The Hall–Kier alpha value is -2.73. The van der Waals surface area contributed by atoms with Crippen molar-refractivity contribution in [3.05, 3.63) is 65.7 Å². The van der Waals surface area contributed by atoms with Crippen molar-refractivity contribution in [3.63, 3.8) is 0 Å². The molecule has 2 aliphatic rings. The lowest BCUT2D eigenvalue weighted by atomic mass is 9.86. The minimum Gasteiger partial charge on any atom is -0.760 e. The number of benzene rings is 2. The first-order valence-electron chi connectivity index (χ1n) is 11.2. The Morgan fingerprint density at radius 2 is 1.91 bits per heavy atom. The number of ether oxygens (including phenoxy) is 2. The molecule has 1 aliphatic carbocycles. The number of nitrogens with zero attached hydrogens (tertiary/aromatic N) is 3. The number of hydrogen-bond acceptors (Lipinski definition) is 5. The molecule has 0 radical (unpaired) electrons. The molecule has 0 bridgehead atoms. The molecule has 1 atom stereocenters. The fourth-order valence-corrected chi connectivity index (χ4v) is 5.24. The number of halogens is 3. The Bertz CT molecular complexity index is 1240. The zero-order valence-electron chi connectivity index (χ0n) is 18.8. The van der Waals surface area contributed by atoms with Crippen LogP contribution in [0, 0.1) is 0 Å². The maximum Gasteiger partial charge on any atom is 0.416 e. The monoisotopic (exact) mass is 506 g/mol. The van der Waals surface area contributed by atoms with Gasteiger partial charge in [-0.05, 0) is 55.7 Å². The van der Waals surface area contributed by atoms with Crippen molar-refractivity contribution in [2.24, 2.45) is 0 Å². The van der Waals surface area contributed by atoms with E-state index in [0.29, 0.717) is 18.1 Å². The van der Waals surface area contributed by atoms with Gasteiger partial charge in [0.1, 0.15) is 11.3 Å². The Balaban J connectivity index is 1.43. The Labute approximate surface area is 202 Å². The quantitative estimate of drug-likeness (QED) is 0.408. The lowest BCUT2D eigenvalue weighted by Crippen LogP contribution is -2.60. The molecule has 1 aromatic heterocycles. The van der Waals surface area contributed by atoms with Gasteiger partial charge in [0.25, 0.3) is 0 Å². The van der Waals surface area contributed by atoms with Crippen LogP contribution in [-0.2, 0) is 34.3 Å². The highest BCUT2D eigenvalue weighted by atomic mass is 32.2. The maximum absolute atomic E-state index is 12.8. The average Bonchev–Trinajstić information content (AvgIpc) is 3.54. The largest absolute Gasteiger partial charge is 0.760 e. The van der Waals surface area contributed by atoms with E-state index in [2.05, 4.69) is 5.10 Å². The predicted octanol–water partition coefficient (Wildman–Crippen LogP) is 4.87. The number of aryl methyl sites for hydroxylation is 1. The molecule has 0 spiro atoms. The van der Waals surface area contributed by atoms with Crippen LogP contribution in [0.2, 0.25) is 0 Å². The first-order chi connectivity index (χ1) is 16.7. The van der Waals surface area contributed by atoms with Crippen LogP contribution in [0.15, 0.2) is 54.6 Å². The smallest absolute Gasteiger partial charge is 0.416 e. The van der Waals surface area contributed by atoms with Gasteiger partial charge in [0.05, 0.1) is 24.5 Å². The summed E-state index contributed by atoms with van der Waals surface area (Å²) in [6, 6.07) is 13.7. The van der Waals surface area contributed by atoms with Crippen molar-refractivity contribution in [1.29, 1.82) is 0 Å². The molecule has 2 aromatic carbocycles. The summed E-state index contributed by atoms with van der Waals surface area (Å²) in [7, 11) is 0. The highest BCUT2D eigenvalue weighted by Gasteiger charge is 2.51. The standard InChI is InChI=1S/C24H24F3N3O4S/c1-2-29-22(34-20-10-6-17(7-11-20)24(25,26)27)13-21(28-29)16-4-3-5-18(12-16)23(14-33-15-23)30(35(31)32)19-8-9-19/h3-7,10-13,19H,2,8-9,14-15H2,1H3,(H,31,32)/p-1. The molecular formula is C24H23F3N3O4S-. The lowest BCUT2D eigenvalue weighted by Gasteiger charge is -2.50. The minimum atomic E-state index is -4.42. The molecule has 1 saturated carbocycles. The summed E-state index contributed by atoms with van der Waals surface area (Å²) < 4.78 is 77.1. The van der Waals surface area contributed by atoms with Crippen LogP contribution in [0.1, 0.15) is 30.9 Å². The zero-order chi connectivity index (χ0) is 24.8. The molecule has 3 aromatic rings. The summed E-state index contributed by atoms with van der Waals surface area (Å²) in [5.41, 5.74) is 0.711. The van der Waals surface area contributed by atoms with E-state index in [1.165, 1.54) is 16.4 Å². The fourth-order valence-electron chi connectivity index (χ4n) is 4.29. The van der Waals surface area contributed by atoms with Gasteiger partial charge < -0.3 is 14.0 Å². The summed E-state index contributed by atoms with van der Waals surface area (Å²) in [6.45, 7) is 2.93. The molecule has 7 nitrogen and oxygen atoms in total. The highest BCUT2D eigenvalue weighted by Crippen LogP contribution is 2.44. The number of alkyl halides is 3. The second-order valence-electron chi connectivity index (χ2n) is 8.69. The van der Waals surface area contributed by atoms with Crippen LogP contribution < -0.4 is 4.74 Å². The van der Waals surface area contributed by atoms with E-state index in [0.717, 1.165) is 36.1 Å². The molecule has 11 heteroatoms. The van der Waals surface area contributed by atoms with Gasteiger partial charge in [-0.25, -0.2) is 8.99 Å². The third-order valence-corrected chi connectivity index (χ3v) is 7.25. The first-order valence-corrected chi connectivity index (χ1v) is 12.2. The van der Waals surface area contributed by atoms with Crippen LogP contribution in [0.3, 0.4) is 0 Å². The Morgan fingerprint density at radius 3 is 2.46 bits per heavy atom. The van der Waals surface area contributed by atoms with Crippen molar-refractivity contribution in [1.82, 2.24) is 14.1 Å². The Morgan fingerprint density at radius 1 is 1.20 bits per heavy atom. The van der Waals surface area contributed by atoms with Crippen LogP contribution in [0.25, 0.3) is 11.3 Å². The summed E-state index contributed by atoms with van der Waals surface area (Å²) >= 11 is -2.38. The van der Waals surface area contributed by atoms with Crippen molar-refractivity contribution >= 4 is 11.3 Å². The Kier molecular flexibility index (Phi) is 6.20. The van der Waals surface area contributed by atoms with Crippen LogP contribution in [-0.4, -0.2) is 42.1 Å². The van der Waals surface area contributed by atoms with Crippen molar-refractivity contribution < 1.29 is 31.4 Å². The molecule has 1 saturated heterocycles.